The first-order chi connectivity index (χ1) is 20.2. The number of aryl methyl sites for hydroxylation is 4. The molecule has 1 aliphatic carbocycles. The molecule has 0 fully saturated rings. The third kappa shape index (κ3) is 8.40. The fourth-order valence-corrected chi connectivity index (χ4v) is 7.44. The monoisotopic (exact) mass is 582 g/mol. The largest absolute Gasteiger partial charge is 0.331 e. The van der Waals surface area contributed by atoms with Crippen LogP contribution >= 0.6 is 0 Å². The van der Waals surface area contributed by atoms with Crippen LogP contribution in [0, 0.1) is 27.7 Å². The highest BCUT2D eigenvalue weighted by Gasteiger charge is 2.42. The van der Waals surface area contributed by atoms with Gasteiger partial charge in [-0.05, 0) is 122 Å². The van der Waals surface area contributed by atoms with Gasteiger partial charge in [0.25, 0.3) is 0 Å². The zero-order valence-corrected chi connectivity index (χ0v) is 29.5. The molecule has 2 nitrogen and oxygen atoms in total. The number of rotatable bonds is 15. The first-order valence-corrected chi connectivity index (χ1v) is 17.2. The highest BCUT2D eigenvalue weighted by Crippen LogP contribution is 2.55. The van der Waals surface area contributed by atoms with Crippen molar-refractivity contribution in [2.45, 2.75) is 97.3 Å². The van der Waals surface area contributed by atoms with Crippen LogP contribution in [0.1, 0.15) is 97.6 Å². The number of quaternary nitrogens is 2. The minimum absolute atomic E-state index is 0.112. The van der Waals surface area contributed by atoms with Crippen molar-refractivity contribution in [1.82, 2.24) is 0 Å². The van der Waals surface area contributed by atoms with Gasteiger partial charge >= 0.3 is 0 Å². The summed E-state index contributed by atoms with van der Waals surface area (Å²) >= 11 is 0. The van der Waals surface area contributed by atoms with E-state index in [4.69, 9.17) is 0 Å². The van der Waals surface area contributed by atoms with Gasteiger partial charge in [-0.1, -0.05) is 73.7 Å². The second-order valence-corrected chi connectivity index (χ2v) is 16.0. The molecule has 0 unspecified atom stereocenters. The summed E-state index contributed by atoms with van der Waals surface area (Å²) in [4.78, 5) is 0. The molecule has 0 saturated heterocycles. The Morgan fingerprint density at radius 3 is 1.51 bits per heavy atom. The molecule has 0 N–H and O–H groups in total. The summed E-state index contributed by atoms with van der Waals surface area (Å²) in [6.07, 6.45) is 13.1. The Morgan fingerprint density at radius 2 is 0.953 bits per heavy atom. The lowest BCUT2D eigenvalue weighted by atomic mass is 9.70. The van der Waals surface area contributed by atoms with E-state index in [-0.39, 0.29) is 5.41 Å². The lowest BCUT2D eigenvalue weighted by Gasteiger charge is -2.33. The Bertz CT molecular complexity index is 1360. The zero-order valence-electron chi connectivity index (χ0n) is 29.5. The molecule has 2 heteroatoms. The van der Waals surface area contributed by atoms with Crippen molar-refractivity contribution in [1.29, 1.82) is 0 Å². The summed E-state index contributed by atoms with van der Waals surface area (Å²) in [5, 5.41) is 0. The number of fused-ring (bicyclic) bond motifs is 3. The van der Waals surface area contributed by atoms with E-state index in [1.54, 1.807) is 11.1 Å². The molecule has 0 spiro atoms. The third-order valence-electron chi connectivity index (χ3n) is 10.0. The smallest absolute Gasteiger partial charge is 0.0780 e. The molecular formula is C41H62N2+2. The van der Waals surface area contributed by atoms with Gasteiger partial charge in [0.15, 0.2) is 0 Å². The maximum atomic E-state index is 2.61. The molecule has 0 aliphatic heterocycles. The molecule has 0 saturated carbocycles. The Labute approximate surface area is 265 Å². The average Bonchev–Trinajstić information content (AvgIpc) is 3.17. The molecule has 234 valence electrons. The van der Waals surface area contributed by atoms with Crippen LogP contribution in [0.15, 0.2) is 48.5 Å². The standard InChI is InChI=1S/C41H62N2/c1-31-19-21-36-37-22-20-35(38-29-33(3)32(2)28-34(38)4)30-40(37)41(39(36)27-31,23-15-11-13-17-25-42(5,6)7)24-16-12-14-18-26-43(8,9)10/h19-22,27-30H,11-18,23-26H2,1-10H3/q+2. The molecule has 1 aliphatic rings. The van der Waals surface area contributed by atoms with E-state index in [9.17, 15) is 0 Å². The fourth-order valence-electron chi connectivity index (χ4n) is 7.44. The summed E-state index contributed by atoms with van der Waals surface area (Å²) in [6, 6.07) is 19.5. The van der Waals surface area contributed by atoms with Gasteiger partial charge in [0.2, 0.25) is 0 Å². The molecular weight excluding hydrogens is 520 g/mol. The van der Waals surface area contributed by atoms with Crippen LogP contribution in [0.3, 0.4) is 0 Å². The van der Waals surface area contributed by atoms with E-state index in [1.807, 2.05) is 0 Å². The van der Waals surface area contributed by atoms with Crippen molar-refractivity contribution in [3.8, 4) is 22.3 Å². The lowest BCUT2D eigenvalue weighted by molar-refractivity contribution is -0.870. The van der Waals surface area contributed by atoms with Gasteiger partial charge < -0.3 is 8.97 Å². The Morgan fingerprint density at radius 1 is 0.465 bits per heavy atom. The lowest BCUT2D eigenvalue weighted by Crippen LogP contribution is -2.35. The van der Waals surface area contributed by atoms with Crippen molar-refractivity contribution in [3.63, 3.8) is 0 Å². The van der Waals surface area contributed by atoms with Crippen LogP contribution in [-0.4, -0.2) is 64.3 Å². The molecule has 43 heavy (non-hydrogen) atoms. The second kappa shape index (κ2) is 13.7. The molecule has 0 atom stereocenters. The number of benzene rings is 3. The fraction of sp³-hybridized carbons (Fsp3) is 0.561. The van der Waals surface area contributed by atoms with Crippen LogP contribution in [0.25, 0.3) is 22.3 Å². The van der Waals surface area contributed by atoms with Crippen molar-refractivity contribution in [2.24, 2.45) is 0 Å². The van der Waals surface area contributed by atoms with Gasteiger partial charge in [0.05, 0.1) is 55.4 Å². The Kier molecular flexibility index (Phi) is 10.7. The minimum Gasteiger partial charge on any atom is -0.331 e. The predicted molar refractivity (Wildman–Crippen MR) is 189 cm³/mol. The van der Waals surface area contributed by atoms with Gasteiger partial charge in [-0.2, -0.15) is 0 Å². The van der Waals surface area contributed by atoms with Gasteiger partial charge in [-0.15, -0.1) is 0 Å². The molecule has 3 aromatic rings. The van der Waals surface area contributed by atoms with Crippen LogP contribution in [0.5, 0.6) is 0 Å². The summed E-state index contributed by atoms with van der Waals surface area (Å²) in [6.45, 7) is 11.6. The van der Waals surface area contributed by atoms with Crippen LogP contribution in [0.4, 0.5) is 0 Å². The highest BCUT2D eigenvalue weighted by molar-refractivity contribution is 5.84. The molecule has 3 aromatic carbocycles. The van der Waals surface area contributed by atoms with Crippen molar-refractivity contribution in [3.05, 3.63) is 81.9 Å². The Balaban J connectivity index is 1.68. The van der Waals surface area contributed by atoms with E-state index in [0.29, 0.717) is 0 Å². The first-order valence-electron chi connectivity index (χ1n) is 17.2. The molecule has 0 radical (unpaired) electrons. The number of hydrogen-bond donors (Lipinski definition) is 0. The van der Waals surface area contributed by atoms with Gasteiger partial charge in [-0.3, -0.25) is 0 Å². The topological polar surface area (TPSA) is 0 Å². The second-order valence-electron chi connectivity index (χ2n) is 16.0. The third-order valence-corrected chi connectivity index (χ3v) is 10.0. The zero-order chi connectivity index (χ0) is 31.4. The normalized spacial score (nSPS) is 14.2. The first kappa shape index (κ1) is 33.5. The SMILES string of the molecule is Cc1ccc2c(c1)C(CCCCCC[N+](C)(C)C)(CCCCCC[N+](C)(C)C)c1cc(-c3cc(C)c(C)cc3C)ccc1-2. The van der Waals surface area contributed by atoms with Gasteiger partial charge in [0.1, 0.15) is 0 Å². The Hall–Kier alpha value is -2.42. The quantitative estimate of drug-likeness (QED) is 0.124. The number of nitrogens with zero attached hydrogens (tertiary/aromatic N) is 2. The van der Waals surface area contributed by atoms with Crippen LogP contribution in [-0.2, 0) is 5.41 Å². The van der Waals surface area contributed by atoms with Crippen LogP contribution < -0.4 is 0 Å². The summed E-state index contributed by atoms with van der Waals surface area (Å²) in [5.41, 5.74) is 14.6. The average molecular weight is 583 g/mol. The summed E-state index contributed by atoms with van der Waals surface area (Å²) < 4.78 is 2.14. The molecule has 0 amide bonds. The highest BCUT2D eigenvalue weighted by atomic mass is 15.3. The maximum Gasteiger partial charge on any atom is 0.0780 e. The van der Waals surface area contributed by atoms with Gasteiger partial charge in [0, 0.05) is 5.41 Å². The number of hydrogen-bond acceptors (Lipinski definition) is 0. The van der Waals surface area contributed by atoms with E-state index >= 15 is 0 Å². The van der Waals surface area contributed by atoms with Gasteiger partial charge in [-0.25, -0.2) is 0 Å². The molecule has 0 heterocycles. The molecule has 0 aromatic heterocycles. The predicted octanol–water partition coefficient (Wildman–Crippen LogP) is 10.2. The van der Waals surface area contributed by atoms with E-state index < -0.39 is 0 Å². The molecule has 4 rings (SSSR count). The van der Waals surface area contributed by atoms with E-state index in [0.717, 1.165) is 8.97 Å². The van der Waals surface area contributed by atoms with Crippen LogP contribution in [0.2, 0.25) is 0 Å². The number of unbranched alkanes of at least 4 members (excludes halogenated alkanes) is 6. The van der Waals surface area contributed by atoms with Crippen molar-refractivity contribution >= 4 is 0 Å². The maximum absolute atomic E-state index is 2.61. The minimum atomic E-state index is 0.112. The summed E-state index contributed by atoms with van der Waals surface area (Å²) in [7, 11) is 13.9. The van der Waals surface area contributed by atoms with Crippen molar-refractivity contribution in [2.75, 3.05) is 55.4 Å². The van der Waals surface area contributed by atoms with Crippen molar-refractivity contribution < 1.29 is 8.97 Å². The van der Waals surface area contributed by atoms with E-state index in [2.05, 4.69) is 119 Å². The molecule has 0 bridgehead atoms. The summed E-state index contributed by atoms with van der Waals surface area (Å²) in [5.74, 6) is 0. The van der Waals surface area contributed by atoms with E-state index in [1.165, 1.54) is 122 Å².